The number of carbonyl (C=O) groups excluding carboxylic acids is 5. The lowest BCUT2D eigenvalue weighted by atomic mass is 9.81. The monoisotopic (exact) mass is 876 g/mol. The van der Waals surface area contributed by atoms with E-state index in [9.17, 15) is 38.7 Å². The topological polar surface area (TPSA) is 314 Å². The molecule has 5 heterocycles. The Bertz CT molecular complexity index is 2390. The molecule has 1 aromatic carbocycles. The van der Waals surface area contributed by atoms with E-state index in [1.165, 1.54) is 34.8 Å². The van der Waals surface area contributed by atoms with E-state index in [-0.39, 0.29) is 83.3 Å². The van der Waals surface area contributed by atoms with Gasteiger partial charge in [-0.2, -0.15) is 4.98 Å². The lowest BCUT2D eigenvalue weighted by Gasteiger charge is -2.39. The Kier molecular flexibility index (Phi) is 13.1. The maximum Gasteiger partial charge on any atom is 0.404 e. The second kappa shape index (κ2) is 18.4. The summed E-state index contributed by atoms with van der Waals surface area (Å²) in [5.74, 6) is -2.71. The highest BCUT2D eigenvalue weighted by Crippen LogP contribution is 2.55. The number of piperazine rings is 1. The maximum absolute atomic E-state index is 13.8. The van der Waals surface area contributed by atoms with Gasteiger partial charge in [-0.3, -0.25) is 29.0 Å². The molecule has 0 radical (unpaired) electrons. The van der Waals surface area contributed by atoms with Crippen molar-refractivity contribution in [3.8, 4) is 0 Å². The molecule has 2 fully saturated rings. The minimum absolute atomic E-state index is 0.00429. The molecular formula is C39H44N10O10S2. The summed E-state index contributed by atoms with van der Waals surface area (Å²) in [6, 6.07) is 5.81. The average Bonchev–Trinajstić information content (AvgIpc) is 3.84. The average molecular weight is 877 g/mol. The number of aliphatic carboxylic acids is 1. The smallest absolute Gasteiger partial charge is 0.404 e. The molecule has 0 bridgehead atoms. The van der Waals surface area contributed by atoms with Crippen LogP contribution >= 0.6 is 21.6 Å². The molecule has 9 N–H and O–H groups in total. The van der Waals surface area contributed by atoms with Gasteiger partial charge in [-0.15, -0.1) is 0 Å². The zero-order valence-corrected chi connectivity index (χ0v) is 34.6. The highest BCUT2D eigenvalue weighted by atomic mass is 33.1. The maximum atomic E-state index is 13.8. The number of carbonyl (C=O) groups is 6. The van der Waals surface area contributed by atoms with Crippen molar-refractivity contribution in [1.82, 2.24) is 40.8 Å². The van der Waals surface area contributed by atoms with Gasteiger partial charge < -0.3 is 46.9 Å². The summed E-state index contributed by atoms with van der Waals surface area (Å²) in [5, 5.41) is 18.3. The molecule has 3 amide bonds. The molecule has 5 atom stereocenters. The van der Waals surface area contributed by atoms with Crippen LogP contribution in [0.5, 0.6) is 0 Å². The van der Waals surface area contributed by atoms with Gasteiger partial charge in [0.2, 0.25) is 17.6 Å². The number of carboxylic acid groups (broad SMARTS) is 1. The number of nitrogens with zero attached hydrogens (tertiary/aromatic N) is 4. The van der Waals surface area contributed by atoms with E-state index >= 15 is 0 Å². The van der Waals surface area contributed by atoms with Gasteiger partial charge in [-0.25, -0.2) is 19.6 Å². The van der Waals surface area contributed by atoms with Gasteiger partial charge in [-0.1, -0.05) is 33.7 Å². The van der Waals surface area contributed by atoms with Crippen molar-refractivity contribution in [2.24, 2.45) is 11.7 Å². The second-order valence-corrected chi connectivity index (χ2v) is 17.5. The minimum atomic E-state index is -1.18. The molecule has 4 aliphatic rings. The molecule has 20 nitrogen and oxygen atoms in total. The Morgan fingerprint density at radius 1 is 1.08 bits per heavy atom. The number of nitrogens with one attached hydrogen (secondary N) is 4. The zero-order chi connectivity index (χ0) is 43.4. The number of ketones is 2. The fourth-order valence-electron chi connectivity index (χ4n) is 8.04. The number of anilines is 1. The van der Waals surface area contributed by atoms with Crippen molar-refractivity contribution >= 4 is 74.1 Å². The van der Waals surface area contributed by atoms with Crippen molar-refractivity contribution in [2.45, 2.75) is 62.4 Å². The molecule has 61 heavy (non-hydrogen) atoms. The molecule has 0 spiro atoms. The molecule has 22 heteroatoms. The third-order valence-electron chi connectivity index (χ3n) is 11.0. The normalized spacial score (nSPS) is 21.7. The van der Waals surface area contributed by atoms with Crippen LogP contribution in [0.25, 0.3) is 11.2 Å². The summed E-state index contributed by atoms with van der Waals surface area (Å²) in [4.78, 5) is 105. The largest absolute Gasteiger partial charge is 0.480 e. The molecule has 7 rings (SSSR count). The van der Waals surface area contributed by atoms with Crippen LogP contribution in [0.1, 0.15) is 47.3 Å². The second-order valence-electron chi connectivity index (χ2n) is 14.8. The third kappa shape index (κ3) is 9.26. The molecule has 0 unspecified atom stereocenters. The van der Waals surface area contributed by atoms with Crippen LogP contribution in [0.4, 0.5) is 10.7 Å². The number of primary amides is 1. The predicted octanol–water partition coefficient (Wildman–Crippen LogP) is 0.378. The van der Waals surface area contributed by atoms with E-state index in [0.29, 0.717) is 61.2 Å². The number of hydrogen-bond acceptors (Lipinski definition) is 17. The van der Waals surface area contributed by atoms with Gasteiger partial charge in [-0.05, 0) is 55.9 Å². The first-order valence-electron chi connectivity index (χ1n) is 19.5. The van der Waals surface area contributed by atoms with Gasteiger partial charge in [0.25, 0.3) is 11.5 Å². The number of carboxylic acids is 1. The van der Waals surface area contributed by atoms with E-state index < -0.39 is 41.2 Å². The molecule has 3 aromatic rings. The highest BCUT2D eigenvalue weighted by molar-refractivity contribution is 8.76. The molecule has 1 aliphatic carbocycles. The van der Waals surface area contributed by atoms with Crippen molar-refractivity contribution < 1.29 is 43.3 Å². The van der Waals surface area contributed by atoms with Gasteiger partial charge >= 0.3 is 12.1 Å². The van der Waals surface area contributed by atoms with Crippen molar-refractivity contribution in [2.75, 3.05) is 44.0 Å². The fourth-order valence-corrected chi connectivity index (χ4v) is 10.3. The van der Waals surface area contributed by atoms with Crippen LogP contribution in [0.15, 0.2) is 58.2 Å². The first kappa shape index (κ1) is 43.3. The van der Waals surface area contributed by atoms with Crippen molar-refractivity contribution in [1.29, 1.82) is 0 Å². The highest BCUT2D eigenvalue weighted by Gasteiger charge is 2.72. The third-order valence-corrected chi connectivity index (χ3v) is 13.5. The lowest BCUT2D eigenvalue weighted by molar-refractivity contribution is -0.141. The number of ether oxygens (including phenoxy) is 2. The number of amides is 3. The number of hydrogen-bond donors (Lipinski definition) is 7. The van der Waals surface area contributed by atoms with Crippen LogP contribution in [0.2, 0.25) is 0 Å². The summed E-state index contributed by atoms with van der Waals surface area (Å²) >= 11 is 0. The quantitative estimate of drug-likeness (QED) is 0.0349. The van der Waals surface area contributed by atoms with Crippen LogP contribution in [0.3, 0.4) is 0 Å². The van der Waals surface area contributed by atoms with Gasteiger partial charge in [0.05, 0.1) is 29.5 Å². The Morgan fingerprint density at radius 2 is 1.87 bits per heavy atom. The van der Waals surface area contributed by atoms with Crippen LogP contribution in [0, 0.1) is 5.92 Å². The number of allylic oxidation sites excluding steroid dienone is 2. The van der Waals surface area contributed by atoms with Crippen LogP contribution in [-0.2, 0) is 41.5 Å². The first-order chi connectivity index (χ1) is 29.3. The van der Waals surface area contributed by atoms with E-state index in [1.54, 1.807) is 18.3 Å². The van der Waals surface area contributed by atoms with Crippen LogP contribution in [-0.4, -0.2) is 128 Å². The molecule has 2 aromatic heterocycles. The number of nitrogens with two attached hydrogens (primary N) is 2. The minimum Gasteiger partial charge on any atom is -0.480 e. The number of methoxy groups -OCH3 is 1. The number of aryl methyl sites for hydroxylation is 2. The van der Waals surface area contributed by atoms with Gasteiger partial charge in [0.1, 0.15) is 12.6 Å². The van der Waals surface area contributed by atoms with E-state index in [1.807, 2.05) is 17.0 Å². The number of H-pyrrole nitrogens is 1. The Hall–Kier alpha value is -5.84. The lowest BCUT2D eigenvalue weighted by Crippen LogP contribution is -2.55. The summed E-state index contributed by atoms with van der Waals surface area (Å²) < 4.78 is 11.1. The summed E-state index contributed by atoms with van der Waals surface area (Å²) in [6.45, 7) is 0.459. The number of aromatic amines is 1. The molecule has 322 valence electrons. The number of aromatic nitrogens is 4. The first-order valence-corrected chi connectivity index (χ1v) is 22.0. The number of nitrogen functional groups attached to an aromatic ring is 1. The standard InChI is InChI=1S/C39H44N10O10S2/c1-58-39-23(17-59-38(41)57)28-30(49(39)16-24-32(39)46-24)26(50)14-21(31(28)52)4-3-13-60-61-18-25(36(55)56)45-27(51)5-2-12-42-34(53)20-9-6-19(7-10-20)8-11-22-15-43-33-29(44-22)35(54)48-37(40)47-33/h6-7,9-10,14-15,23-25,32,46H,2-5,8,11-13,16-18H2,1H3,(H2,41,57)(H,42,53)(H,45,51)(H,55,56)(H3,40,43,47,48,54)/t23-,24+,25-,32+,39-/m1/s1. The van der Waals surface area contributed by atoms with Crippen LogP contribution < -0.4 is 33.0 Å². The summed E-state index contributed by atoms with van der Waals surface area (Å²) in [6.07, 6.45) is 4.10. The van der Waals surface area contributed by atoms with Gasteiger partial charge in [0, 0.05) is 60.9 Å². The number of rotatable bonds is 20. The predicted molar refractivity (Wildman–Crippen MR) is 223 cm³/mol. The Labute approximate surface area is 355 Å². The number of Topliss-reactive ketones (excluding diaryl/α,β-unsaturated/α-hetero) is 1. The van der Waals surface area contributed by atoms with E-state index in [4.69, 9.17) is 20.9 Å². The zero-order valence-electron chi connectivity index (χ0n) is 32.9. The SMILES string of the molecule is CO[C@@]12[C@H](COC(N)=O)C3=C(C(=O)C=C(CCCSSC[C@@H](NC(=O)CCCNC(=O)c4ccc(CCc5cnc6nc(N)[nH]c(=O)c6n5)cc4)C(=O)O)C3=O)N1C[C@@H]1N[C@@H]12. The molecule has 3 aliphatic heterocycles. The number of fused-ring (bicyclic) bond motifs is 5. The molecule has 2 saturated heterocycles. The van der Waals surface area contributed by atoms with Crippen molar-refractivity contribution in [3.05, 3.63) is 80.6 Å². The van der Waals surface area contributed by atoms with E-state index in [2.05, 4.69) is 35.9 Å². The Balaban J connectivity index is 0.789. The Morgan fingerprint density at radius 3 is 2.61 bits per heavy atom. The molecule has 0 saturated carbocycles. The van der Waals surface area contributed by atoms with Gasteiger partial charge in [0.15, 0.2) is 22.7 Å². The summed E-state index contributed by atoms with van der Waals surface area (Å²) in [5.41, 5.74) is 12.4. The van der Waals surface area contributed by atoms with E-state index in [0.717, 1.165) is 5.56 Å². The molecular weight excluding hydrogens is 833 g/mol. The van der Waals surface area contributed by atoms with Crippen molar-refractivity contribution in [3.63, 3.8) is 0 Å². The number of benzene rings is 1. The summed E-state index contributed by atoms with van der Waals surface area (Å²) in [7, 11) is 4.16. The fraction of sp³-hybridized carbons (Fsp3) is 0.436.